The Hall–Kier alpha value is -1.66. The van der Waals surface area contributed by atoms with E-state index in [1.807, 2.05) is 0 Å². The SMILES string of the molecule is O=C(NCC[NH+]1CCOCC1)c1ccc(=O)oc1. The van der Waals surface area contributed by atoms with Crippen LogP contribution in [0.15, 0.2) is 27.6 Å². The zero-order valence-electron chi connectivity index (χ0n) is 10.1. The van der Waals surface area contributed by atoms with Crippen LogP contribution in [0, 0.1) is 0 Å². The summed E-state index contributed by atoms with van der Waals surface area (Å²) in [6.07, 6.45) is 1.18. The summed E-state index contributed by atoms with van der Waals surface area (Å²) in [5.41, 5.74) is -0.0871. The Bertz CT molecular complexity index is 431. The minimum absolute atomic E-state index is 0.216. The molecule has 1 fully saturated rings. The fraction of sp³-hybridized carbons (Fsp3) is 0.500. The molecule has 0 aliphatic carbocycles. The van der Waals surface area contributed by atoms with Crippen molar-refractivity contribution in [2.24, 2.45) is 0 Å². The van der Waals surface area contributed by atoms with Crippen LogP contribution < -0.4 is 15.8 Å². The molecule has 98 valence electrons. The van der Waals surface area contributed by atoms with E-state index in [1.54, 1.807) is 0 Å². The normalized spacial score (nSPS) is 16.4. The number of carbonyl (C=O) groups excluding carboxylic acids is 1. The first-order chi connectivity index (χ1) is 8.75. The summed E-state index contributed by atoms with van der Waals surface area (Å²) in [4.78, 5) is 23.9. The quantitative estimate of drug-likeness (QED) is 0.670. The fourth-order valence-electron chi connectivity index (χ4n) is 1.85. The van der Waals surface area contributed by atoms with E-state index in [1.165, 1.54) is 23.3 Å². The maximum Gasteiger partial charge on any atom is 0.335 e. The van der Waals surface area contributed by atoms with E-state index in [-0.39, 0.29) is 5.91 Å². The Morgan fingerprint density at radius 1 is 1.33 bits per heavy atom. The largest absolute Gasteiger partial charge is 0.430 e. The van der Waals surface area contributed by atoms with Gasteiger partial charge in [0, 0.05) is 6.07 Å². The van der Waals surface area contributed by atoms with Gasteiger partial charge in [-0.3, -0.25) is 4.79 Å². The molecule has 2 N–H and O–H groups in total. The molecule has 2 heterocycles. The van der Waals surface area contributed by atoms with Gasteiger partial charge in [-0.25, -0.2) is 4.79 Å². The Morgan fingerprint density at radius 2 is 2.11 bits per heavy atom. The molecule has 6 nitrogen and oxygen atoms in total. The topological polar surface area (TPSA) is 73.0 Å². The molecular formula is C12H17N2O4+. The highest BCUT2D eigenvalue weighted by Crippen LogP contribution is 1.93. The molecule has 1 aliphatic rings. The van der Waals surface area contributed by atoms with Crippen LogP contribution in [0.2, 0.25) is 0 Å². The monoisotopic (exact) mass is 253 g/mol. The lowest BCUT2D eigenvalue weighted by Gasteiger charge is -2.23. The highest BCUT2D eigenvalue weighted by molar-refractivity contribution is 5.93. The van der Waals surface area contributed by atoms with Crippen molar-refractivity contribution in [1.29, 1.82) is 0 Å². The zero-order valence-corrected chi connectivity index (χ0v) is 10.1. The van der Waals surface area contributed by atoms with Crippen LogP contribution in [-0.2, 0) is 4.74 Å². The van der Waals surface area contributed by atoms with E-state index in [0.29, 0.717) is 12.1 Å². The second kappa shape index (κ2) is 6.32. The minimum Gasteiger partial charge on any atom is -0.430 e. The Kier molecular flexibility index (Phi) is 4.49. The summed E-state index contributed by atoms with van der Waals surface area (Å²) < 4.78 is 9.90. The molecular weight excluding hydrogens is 236 g/mol. The molecule has 6 heteroatoms. The molecule has 0 spiro atoms. The summed E-state index contributed by atoms with van der Waals surface area (Å²) in [5, 5.41) is 2.80. The molecule has 0 atom stereocenters. The average molecular weight is 253 g/mol. The van der Waals surface area contributed by atoms with E-state index in [0.717, 1.165) is 32.8 Å². The Balaban J connectivity index is 1.74. The summed E-state index contributed by atoms with van der Waals surface area (Å²) in [6.45, 7) is 5.02. The molecule has 0 bridgehead atoms. The Labute approximate surface area is 105 Å². The third kappa shape index (κ3) is 3.68. The van der Waals surface area contributed by atoms with Crippen molar-refractivity contribution in [1.82, 2.24) is 5.32 Å². The van der Waals surface area contributed by atoms with E-state index >= 15 is 0 Å². The predicted octanol–water partition coefficient (Wildman–Crippen LogP) is -1.72. The van der Waals surface area contributed by atoms with Gasteiger partial charge in [0.2, 0.25) is 0 Å². The molecule has 0 unspecified atom stereocenters. The number of quaternary nitrogens is 1. The minimum atomic E-state index is -0.454. The van der Waals surface area contributed by atoms with E-state index in [9.17, 15) is 9.59 Å². The predicted molar refractivity (Wildman–Crippen MR) is 63.7 cm³/mol. The van der Waals surface area contributed by atoms with E-state index < -0.39 is 5.63 Å². The maximum atomic E-state index is 11.7. The van der Waals surface area contributed by atoms with Crippen LogP contribution in [0.5, 0.6) is 0 Å². The van der Waals surface area contributed by atoms with Crippen molar-refractivity contribution < 1.29 is 18.8 Å². The molecule has 0 radical (unpaired) electrons. The smallest absolute Gasteiger partial charge is 0.335 e. The summed E-state index contributed by atoms with van der Waals surface area (Å²) in [6, 6.07) is 2.70. The second-order valence-electron chi connectivity index (χ2n) is 4.21. The number of ether oxygens (including phenoxy) is 1. The molecule has 0 saturated carbocycles. The number of morpholine rings is 1. The van der Waals surface area contributed by atoms with Crippen LogP contribution in [0.25, 0.3) is 0 Å². The first kappa shape index (κ1) is 12.8. The third-order valence-electron chi connectivity index (χ3n) is 2.93. The Morgan fingerprint density at radius 3 is 2.78 bits per heavy atom. The van der Waals surface area contributed by atoms with Gasteiger partial charge >= 0.3 is 5.63 Å². The number of hydrogen-bond acceptors (Lipinski definition) is 4. The number of hydrogen-bond donors (Lipinski definition) is 2. The highest BCUT2D eigenvalue weighted by Gasteiger charge is 2.13. The van der Waals surface area contributed by atoms with Crippen molar-refractivity contribution in [2.75, 3.05) is 39.4 Å². The lowest BCUT2D eigenvalue weighted by Crippen LogP contribution is -3.14. The lowest BCUT2D eigenvalue weighted by molar-refractivity contribution is -0.906. The molecule has 2 rings (SSSR count). The molecule has 1 aromatic heterocycles. The molecule has 18 heavy (non-hydrogen) atoms. The van der Waals surface area contributed by atoms with Crippen molar-refractivity contribution in [3.05, 3.63) is 34.4 Å². The second-order valence-corrected chi connectivity index (χ2v) is 4.21. The van der Waals surface area contributed by atoms with Crippen LogP contribution >= 0.6 is 0 Å². The standard InChI is InChI=1S/C12H16N2O4/c15-11-2-1-10(9-18-11)12(16)13-3-4-14-5-7-17-8-6-14/h1-2,9H,3-8H2,(H,13,16)/p+1. The highest BCUT2D eigenvalue weighted by atomic mass is 16.5. The fourth-order valence-corrected chi connectivity index (χ4v) is 1.85. The van der Waals surface area contributed by atoms with Gasteiger partial charge in [-0.05, 0) is 6.07 Å². The summed E-state index contributed by atoms with van der Waals surface area (Å²) >= 11 is 0. The van der Waals surface area contributed by atoms with Crippen LogP contribution in [0.1, 0.15) is 10.4 Å². The first-order valence-corrected chi connectivity index (χ1v) is 6.04. The van der Waals surface area contributed by atoms with Crippen molar-refractivity contribution in [3.8, 4) is 0 Å². The molecule has 1 saturated heterocycles. The number of rotatable bonds is 4. The van der Waals surface area contributed by atoms with Crippen LogP contribution in [0.4, 0.5) is 0 Å². The van der Waals surface area contributed by atoms with Crippen molar-refractivity contribution in [3.63, 3.8) is 0 Å². The first-order valence-electron chi connectivity index (χ1n) is 6.04. The van der Waals surface area contributed by atoms with Crippen LogP contribution in [0.3, 0.4) is 0 Å². The molecule has 0 aromatic carbocycles. The van der Waals surface area contributed by atoms with Gasteiger partial charge in [-0.15, -0.1) is 0 Å². The van der Waals surface area contributed by atoms with Gasteiger partial charge in [0.15, 0.2) is 0 Å². The lowest BCUT2D eigenvalue weighted by atomic mass is 10.3. The number of nitrogens with one attached hydrogen (secondary N) is 2. The summed E-state index contributed by atoms with van der Waals surface area (Å²) in [7, 11) is 0. The van der Waals surface area contributed by atoms with Gasteiger partial charge in [0.1, 0.15) is 19.4 Å². The van der Waals surface area contributed by atoms with Gasteiger partial charge in [0.05, 0.1) is 31.9 Å². The number of carbonyl (C=O) groups is 1. The third-order valence-corrected chi connectivity index (χ3v) is 2.93. The van der Waals surface area contributed by atoms with Gasteiger partial charge in [-0.1, -0.05) is 0 Å². The summed E-state index contributed by atoms with van der Waals surface area (Å²) in [5.74, 6) is -0.216. The van der Waals surface area contributed by atoms with E-state index in [4.69, 9.17) is 4.74 Å². The van der Waals surface area contributed by atoms with Crippen molar-refractivity contribution >= 4 is 5.91 Å². The average Bonchev–Trinajstić information content (AvgIpc) is 2.40. The number of amides is 1. The van der Waals surface area contributed by atoms with Gasteiger partial charge < -0.3 is 19.4 Å². The zero-order chi connectivity index (χ0) is 12.8. The molecule has 1 amide bonds. The van der Waals surface area contributed by atoms with E-state index in [2.05, 4.69) is 9.73 Å². The molecule has 1 aromatic rings. The molecule has 1 aliphatic heterocycles. The van der Waals surface area contributed by atoms with Gasteiger partial charge in [0.25, 0.3) is 5.91 Å². The van der Waals surface area contributed by atoms with Crippen LogP contribution in [-0.4, -0.2) is 45.3 Å². The van der Waals surface area contributed by atoms with Gasteiger partial charge in [-0.2, -0.15) is 0 Å². The maximum absolute atomic E-state index is 11.7. The van der Waals surface area contributed by atoms with Crippen molar-refractivity contribution in [2.45, 2.75) is 0 Å².